The number of phosphoric ester groups is 1. The van der Waals surface area contributed by atoms with Crippen LogP contribution in [0.15, 0.2) is 36.5 Å². The summed E-state index contributed by atoms with van der Waals surface area (Å²) in [5, 5.41) is 0. The minimum Gasteiger partial charge on any atom is -0.462 e. The fourth-order valence-electron chi connectivity index (χ4n) is 3.85. The average molecular weight is 587 g/mol. The zero-order valence-corrected chi connectivity index (χ0v) is 25.9. The van der Waals surface area contributed by atoms with Crippen LogP contribution in [0.4, 0.5) is 0 Å². The number of unbranched alkanes of at least 4 members (excludes halogenated alkanes) is 11. The summed E-state index contributed by atoms with van der Waals surface area (Å²) in [6, 6.07) is 0. The number of allylic oxidation sites excluding steroid dienone is 6. The van der Waals surface area contributed by atoms with Crippen LogP contribution >= 0.6 is 7.82 Å². The maximum Gasteiger partial charge on any atom is 0.469 e. The molecule has 9 heteroatoms. The number of ether oxygens (including phenoxy) is 2. The van der Waals surface area contributed by atoms with Crippen molar-refractivity contribution >= 4 is 19.8 Å². The normalized spacial score (nSPS) is 13.0. The molecule has 40 heavy (non-hydrogen) atoms. The Hall–Kier alpha value is -1.73. The molecule has 0 radical (unpaired) electrons. The van der Waals surface area contributed by atoms with Gasteiger partial charge in [-0.25, -0.2) is 4.57 Å². The van der Waals surface area contributed by atoms with E-state index in [1.165, 1.54) is 38.5 Å². The number of phosphoric acid groups is 1. The average Bonchev–Trinajstić information content (AvgIpc) is 2.91. The molecule has 1 atom stereocenters. The second-order valence-electron chi connectivity index (χ2n) is 10.1. The second-order valence-corrected chi connectivity index (χ2v) is 11.3. The van der Waals surface area contributed by atoms with Gasteiger partial charge in [0.15, 0.2) is 6.10 Å². The predicted molar refractivity (Wildman–Crippen MR) is 161 cm³/mol. The molecule has 0 aromatic rings. The smallest absolute Gasteiger partial charge is 0.462 e. The van der Waals surface area contributed by atoms with Gasteiger partial charge in [-0.1, -0.05) is 102 Å². The minimum atomic E-state index is -4.74. The number of carbonyl (C=O) groups excluding carboxylic acids is 2. The van der Waals surface area contributed by atoms with E-state index in [4.69, 9.17) is 19.3 Å². The van der Waals surface area contributed by atoms with Gasteiger partial charge >= 0.3 is 19.8 Å². The molecule has 0 fully saturated rings. The van der Waals surface area contributed by atoms with Crippen molar-refractivity contribution in [3.05, 3.63) is 36.5 Å². The number of hydrogen-bond acceptors (Lipinski definition) is 6. The molecule has 232 valence electrons. The summed E-state index contributed by atoms with van der Waals surface area (Å²) in [6.07, 6.45) is 28.9. The van der Waals surface area contributed by atoms with E-state index in [1.807, 2.05) is 0 Å². The Morgan fingerprint density at radius 2 is 1.12 bits per heavy atom. The third-order valence-electron chi connectivity index (χ3n) is 6.16. The zero-order chi connectivity index (χ0) is 29.7. The van der Waals surface area contributed by atoms with Crippen molar-refractivity contribution in [2.24, 2.45) is 0 Å². The Labute approximate surface area is 242 Å². The summed E-state index contributed by atoms with van der Waals surface area (Å²) >= 11 is 0. The van der Waals surface area contributed by atoms with Crippen molar-refractivity contribution in [1.29, 1.82) is 0 Å². The molecular weight excluding hydrogens is 531 g/mol. The largest absolute Gasteiger partial charge is 0.469 e. The minimum absolute atomic E-state index is 0.202. The van der Waals surface area contributed by atoms with Crippen LogP contribution in [0.25, 0.3) is 0 Å². The quantitative estimate of drug-likeness (QED) is 0.0427. The van der Waals surface area contributed by atoms with Crippen LogP contribution in [0.1, 0.15) is 129 Å². The van der Waals surface area contributed by atoms with E-state index in [-0.39, 0.29) is 19.4 Å². The lowest BCUT2D eigenvalue weighted by Gasteiger charge is -2.18. The van der Waals surface area contributed by atoms with Crippen molar-refractivity contribution < 1.29 is 37.9 Å². The van der Waals surface area contributed by atoms with Crippen molar-refractivity contribution in [2.75, 3.05) is 13.2 Å². The van der Waals surface area contributed by atoms with Gasteiger partial charge in [-0.05, 0) is 51.4 Å². The van der Waals surface area contributed by atoms with E-state index in [2.05, 4.69) is 54.8 Å². The highest BCUT2D eigenvalue weighted by Crippen LogP contribution is 2.35. The molecule has 8 nitrogen and oxygen atoms in total. The van der Waals surface area contributed by atoms with Gasteiger partial charge in [-0.2, -0.15) is 0 Å². The number of esters is 2. The first-order chi connectivity index (χ1) is 19.3. The topological polar surface area (TPSA) is 119 Å². The van der Waals surface area contributed by atoms with Crippen LogP contribution in [-0.4, -0.2) is 41.0 Å². The molecule has 0 aromatic carbocycles. The van der Waals surface area contributed by atoms with Crippen LogP contribution in [0, 0.1) is 0 Å². The van der Waals surface area contributed by atoms with E-state index in [1.54, 1.807) is 0 Å². The zero-order valence-electron chi connectivity index (χ0n) is 25.0. The van der Waals surface area contributed by atoms with Crippen molar-refractivity contribution in [2.45, 2.75) is 136 Å². The van der Waals surface area contributed by atoms with Crippen LogP contribution in [0.5, 0.6) is 0 Å². The van der Waals surface area contributed by atoms with E-state index in [0.29, 0.717) is 12.8 Å². The first-order valence-electron chi connectivity index (χ1n) is 15.3. The third kappa shape index (κ3) is 29.3. The lowest BCUT2D eigenvalue weighted by Crippen LogP contribution is -2.29. The Morgan fingerprint density at radius 1 is 0.650 bits per heavy atom. The molecular formula is C31H55O8P. The Kier molecular flexibility index (Phi) is 26.3. The summed E-state index contributed by atoms with van der Waals surface area (Å²) in [6.45, 7) is 3.52. The van der Waals surface area contributed by atoms with Crippen molar-refractivity contribution in [3.8, 4) is 0 Å². The van der Waals surface area contributed by atoms with Gasteiger partial charge in [0.05, 0.1) is 6.61 Å². The maximum atomic E-state index is 12.2. The summed E-state index contributed by atoms with van der Waals surface area (Å²) < 4.78 is 26.0. The van der Waals surface area contributed by atoms with Gasteiger partial charge < -0.3 is 19.3 Å². The van der Waals surface area contributed by atoms with E-state index in [0.717, 1.165) is 51.4 Å². The fraction of sp³-hybridized carbons (Fsp3) is 0.742. The lowest BCUT2D eigenvalue weighted by molar-refractivity contribution is -0.161. The highest BCUT2D eigenvalue weighted by atomic mass is 31.2. The number of carbonyl (C=O) groups is 2. The Morgan fingerprint density at radius 3 is 1.73 bits per heavy atom. The van der Waals surface area contributed by atoms with E-state index in [9.17, 15) is 14.2 Å². The van der Waals surface area contributed by atoms with E-state index < -0.39 is 32.5 Å². The maximum absolute atomic E-state index is 12.2. The van der Waals surface area contributed by atoms with Crippen molar-refractivity contribution in [3.63, 3.8) is 0 Å². The Bertz CT molecular complexity index is 756. The standard InChI is InChI=1S/C31H55O8P/c1-3-5-7-9-11-12-13-14-15-16-17-18-20-21-23-25-30(32)37-27-29(28-38-40(34,35)36)39-31(33)26-24-22-19-10-8-6-4-2/h11-12,14-15,17-18,29H,3-10,13,16,19-28H2,1-2H3,(H2,34,35,36)/b12-11+,15-14+,18-17+/t29-/m1/s1. The molecule has 0 aromatic heterocycles. The van der Waals surface area contributed by atoms with E-state index >= 15 is 0 Å². The SMILES string of the molecule is CCCCC/C=C/C/C=C/C/C=C/CCCCC(=O)OC[C@H](COP(=O)(O)O)OC(=O)CCCCCCCCC. The Balaban J connectivity index is 4.10. The molecule has 0 bridgehead atoms. The van der Waals surface area contributed by atoms with Crippen LogP contribution < -0.4 is 0 Å². The first-order valence-corrected chi connectivity index (χ1v) is 16.8. The molecule has 0 saturated carbocycles. The lowest BCUT2D eigenvalue weighted by atomic mass is 10.1. The molecule has 0 spiro atoms. The van der Waals surface area contributed by atoms with Gasteiger partial charge in [0.25, 0.3) is 0 Å². The first kappa shape index (κ1) is 38.3. The number of rotatable bonds is 27. The van der Waals surface area contributed by atoms with Gasteiger partial charge in [0.1, 0.15) is 6.61 Å². The summed E-state index contributed by atoms with van der Waals surface area (Å²) in [4.78, 5) is 42.2. The van der Waals surface area contributed by atoms with Gasteiger partial charge in [0, 0.05) is 12.8 Å². The summed E-state index contributed by atoms with van der Waals surface area (Å²) in [5.41, 5.74) is 0. The number of hydrogen-bond donors (Lipinski definition) is 2. The molecule has 2 N–H and O–H groups in total. The molecule has 0 unspecified atom stereocenters. The highest BCUT2D eigenvalue weighted by molar-refractivity contribution is 7.46. The third-order valence-corrected chi connectivity index (χ3v) is 6.65. The predicted octanol–water partition coefficient (Wildman–Crippen LogP) is 8.28. The van der Waals surface area contributed by atoms with Gasteiger partial charge in [-0.3, -0.25) is 14.1 Å². The van der Waals surface area contributed by atoms with Crippen molar-refractivity contribution in [1.82, 2.24) is 0 Å². The van der Waals surface area contributed by atoms with Crippen LogP contribution in [0.3, 0.4) is 0 Å². The molecule has 0 aliphatic carbocycles. The fourth-order valence-corrected chi connectivity index (χ4v) is 4.21. The summed E-state index contributed by atoms with van der Waals surface area (Å²) in [5.74, 6) is -0.941. The molecule has 0 aliphatic heterocycles. The molecule has 0 aliphatic rings. The highest BCUT2D eigenvalue weighted by Gasteiger charge is 2.22. The molecule has 0 amide bonds. The molecule has 0 heterocycles. The second kappa shape index (κ2) is 27.4. The van der Waals surface area contributed by atoms with Gasteiger partial charge in [-0.15, -0.1) is 0 Å². The summed E-state index contributed by atoms with van der Waals surface area (Å²) in [7, 11) is -4.74. The van der Waals surface area contributed by atoms with Crippen LogP contribution in [0.2, 0.25) is 0 Å². The monoisotopic (exact) mass is 586 g/mol. The molecule has 0 saturated heterocycles. The molecule has 0 rings (SSSR count). The van der Waals surface area contributed by atoms with Gasteiger partial charge in [0.2, 0.25) is 0 Å². The van der Waals surface area contributed by atoms with Crippen LogP contribution in [-0.2, 0) is 28.2 Å².